The molecule has 2 N–H and O–H groups in total. The molecular weight excluding hydrogens is 199 g/mol. The summed E-state index contributed by atoms with van der Waals surface area (Å²) < 4.78 is 13.1. The van der Waals surface area contributed by atoms with E-state index >= 15 is 0 Å². The van der Waals surface area contributed by atoms with Gasteiger partial charge in [-0.05, 0) is 25.1 Å². The molecule has 0 bridgehead atoms. The second kappa shape index (κ2) is 3.34. The first kappa shape index (κ1) is 9.64. The molecule has 4 nitrogen and oxygen atoms in total. The topological polar surface area (TPSA) is 66.0 Å². The molecule has 1 aromatic carbocycles. The number of rotatable bonds is 2. The zero-order valence-electron chi connectivity index (χ0n) is 7.99. The molecule has 0 aliphatic rings. The molecule has 0 amide bonds. The highest BCUT2D eigenvalue weighted by atomic mass is 19.1. The van der Waals surface area contributed by atoms with Gasteiger partial charge in [-0.25, -0.2) is 9.18 Å². The standard InChI is InChI=1S/C10H9FN2O2/c1-5(11)9-7-4-6(10(14)15)2-3-8(7)12-13-9/h2-5H,1H3,(H,12,13)(H,14,15). The number of aromatic amines is 1. The van der Waals surface area contributed by atoms with E-state index in [0.29, 0.717) is 16.6 Å². The van der Waals surface area contributed by atoms with Gasteiger partial charge in [0.2, 0.25) is 0 Å². The molecule has 0 radical (unpaired) electrons. The van der Waals surface area contributed by atoms with E-state index in [0.717, 1.165) is 0 Å². The third kappa shape index (κ3) is 1.56. The molecule has 2 rings (SSSR count). The highest BCUT2D eigenvalue weighted by Crippen LogP contribution is 2.24. The average molecular weight is 208 g/mol. The predicted octanol–water partition coefficient (Wildman–Crippen LogP) is 2.29. The molecule has 5 heteroatoms. The summed E-state index contributed by atoms with van der Waals surface area (Å²) in [5.41, 5.74) is 1.01. The Hall–Kier alpha value is -1.91. The van der Waals surface area contributed by atoms with Crippen LogP contribution in [0.3, 0.4) is 0 Å². The molecule has 78 valence electrons. The third-order valence-corrected chi connectivity index (χ3v) is 2.23. The fourth-order valence-electron chi connectivity index (χ4n) is 1.47. The van der Waals surface area contributed by atoms with Gasteiger partial charge in [-0.1, -0.05) is 0 Å². The number of halogens is 1. The van der Waals surface area contributed by atoms with Crippen molar-refractivity contribution in [2.45, 2.75) is 13.1 Å². The summed E-state index contributed by atoms with van der Waals surface area (Å²) in [6.45, 7) is 1.38. The minimum absolute atomic E-state index is 0.130. The van der Waals surface area contributed by atoms with Crippen molar-refractivity contribution in [1.82, 2.24) is 10.2 Å². The average Bonchev–Trinajstić information content (AvgIpc) is 2.59. The fourth-order valence-corrected chi connectivity index (χ4v) is 1.47. The van der Waals surface area contributed by atoms with Gasteiger partial charge in [-0.3, -0.25) is 5.10 Å². The van der Waals surface area contributed by atoms with Crippen LogP contribution in [0.1, 0.15) is 29.1 Å². The van der Waals surface area contributed by atoms with Gasteiger partial charge in [0.05, 0.1) is 16.8 Å². The predicted molar refractivity (Wildman–Crippen MR) is 52.6 cm³/mol. The van der Waals surface area contributed by atoms with Crippen molar-refractivity contribution in [3.8, 4) is 0 Å². The lowest BCUT2D eigenvalue weighted by atomic mass is 10.1. The van der Waals surface area contributed by atoms with Crippen molar-refractivity contribution >= 4 is 16.9 Å². The number of nitrogens with zero attached hydrogens (tertiary/aromatic N) is 1. The molecule has 2 aromatic rings. The van der Waals surface area contributed by atoms with Crippen molar-refractivity contribution < 1.29 is 14.3 Å². The normalized spacial score (nSPS) is 12.9. The van der Waals surface area contributed by atoms with Crippen LogP contribution in [0.2, 0.25) is 0 Å². The van der Waals surface area contributed by atoms with E-state index in [2.05, 4.69) is 10.2 Å². The van der Waals surface area contributed by atoms with E-state index in [-0.39, 0.29) is 5.56 Å². The number of H-pyrrole nitrogens is 1. The van der Waals surface area contributed by atoms with Gasteiger partial charge < -0.3 is 5.11 Å². The van der Waals surface area contributed by atoms with E-state index in [1.54, 1.807) is 6.07 Å². The Bertz CT molecular complexity index is 519. The number of carboxylic acid groups (broad SMARTS) is 1. The fraction of sp³-hybridized carbons (Fsp3) is 0.200. The maximum atomic E-state index is 13.1. The van der Waals surface area contributed by atoms with Crippen LogP contribution in [0.15, 0.2) is 18.2 Å². The van der Waals surface area contributed by atoms with Crippen molar-refractivity contribution in [3.05, 3.63) is 29.5 Å². The van der Waals surface area contributed by atoms with Crippen LogP contribution in [-0.2, 0) is 0 Å². The first-order valence-corrected chi connectivity index (χ1v) is 4.45. The number of carbonyl (C=O) groups is 1. The van der Waals surface area contributed by atoms with Gasteiger partial charge in [0.1, 0.15) is 6.17 Å². The van der Waals surface area contributed by atoms with Crippen molar-refractivity contribution in [2.75, 3.05) is 0 Å². The molecule has 15 heavy (non-hydrogen) atoms. The van der Waals surface area contributed by atoms with Crippen LogP contribution in [0.25, 0.3) is 10.9 Å². The van der Waals surface area contributed by atoms with Crippen LogP contribution in [-0.4, -0.2) is 21.3 Å². The molecule has 0 saturated heterocycles. The molecule has 1 atom stereocenters. The number of alkyl halides is 1. The summed E-state index contributed by atoms with van der Waals surface area (Å²) in [4.78, 5) is 10.7. The summed E-state index contributed by atoms with van der Waals surface area (Å²) in [5, 5.41) is 15.7. The largest absolute Gasteiger partial charge is 0.478 e. The Kier molecular flexibility index (Phi) is 2.15. The number of aromatic nitrogens is 2. The summed E-state index contributed by atoms with van der Waals surface area (Å²) in [7, 11) is 0. The Labute approximate surface area is 84.7 Å². The summed E-state index contributed by atoms with van der Waals surface area (Å²) in [5.74, 6) is -1.03. The van der Waals surface area contributed by atoms with E-state index in [4.69, 9.17) is 5.11 Å². The highest BCUT2D eigenvalue weighted by molar-refractivity contribution is 5.94. The summed E-state index contributed by atoms with van der Waals surface area (Å²) in [6.07, 6.45) is -1.20. The number of aromatic carboxylic acids is 1. The Morgan fingerprint density at radius 1 is 1.60 bits per heavy atom. The molecule has 0 saturated carbocycles. The number of hydrogen-bond donors (Lipinski definition) is 2. The smallest absolute Gasteiger partial charge is 0.335 e. The van der Waals surface area contributed by atoms with Gasteiger partial charge in [-0.2, -0.15) is 5.10 Å². The second-order valence-electron chi connectivity index (χ2n) is 3.29. The SMILES string of the molecule is CC(F)c1[nH]nc2ccc(C(=O)O)cc12. The second-order valence-corrected chi connectivity index (χ2v) is 3.29. The van der Waals surface area contributed by atoms with Gasteiger partial charge in [-0.15, -0.1) is 0 Å². The maximum Gasteiger partial charge on any atom is 0.335 e. The zero-order valence-corrected chi connectivity index (χ0v) is 7.99. The summed E-state index contributed by atoms with van der Waals surface area (Å²) in [6, 6.07) is 4.42. The molecule has 0 fully saturated rings. The van der Waals surface area contributed by atoms with E-state index in [1.807, 2.05) is 0 Å². The maximum absolute atomic E-state index is 13.1. The minimum Gasteiger partial charge on any atom is -0.478 e. The van der Waals surface area contributed by atoms with Crippen LogP contribution >= 0.6 is 0 Å². The van der Waals surface area contributed by atoms with Crippen LogP contribution in [0.4, 0.5) is 4.39 Å². The number of carboxylic acids is 1. The lowest BCUT2D eigenvalue weighted by Crippen LogP contribution is -1.95. The van der Waals surface area contributed by atoms with Crippen molar-refractivity contribution in [1.29, 1.82) is 0 Å². The zero-order chi connectivity index (χ0) is 11.0. The molecule has 0 aliphatic heterocycles. The van der Waals surface area contributed by atoms with Gasteiger partial charge >= 0.3 is 5.97 Å². The molecular formula is C10H9FN2O2. The van der Waals surface area contributed by atoms with Crippen LogP contribution < -0.4 is 0 Å². The third-order valence-electron chi connectivity index (χ3n) is 2.23. The Morgan fingerprint density at radius 3 is 2.93 bits per heavy atom. The lowest BCUT2D eigenvalue weighted by Gasteiger charge is -1.99. The molecule has 1 unspecified atom stereocenters. The molecule has 1 heterocycles. The lowest BCUT2D eigenvalue weighted by molar-refractivity contribution is 0.0697. The first-order chi connectivity index (χ1) is 7.09. The summed E-state index contributed by atoms with van der Waals surface area (Å²) >= 11 is 0. The monoisotopic (exact) mass is 208 g/mol. The number of benzene rings is 1. The van der Waals surface area contributed by atoms with Gasteiger partial charge in [0, 0.05) is 5.39 Å². The molecule has 0 spiro atoms. The first-order valence-electron chi connectivity index (χ1n) is 4.45. The van der Waals surface area contributed by atoms with E-state index in [9.17, 15) is 9.18 Å². The Morgan fingerprint density at radius 2 is 2.33 bits per heavy atom. The molecule has 0 aliphatic carbocycles. The van der Waals surface area contributed by atoms with Crippen LogP contribution in [0, 0.1) is 0 Å². The number of nitrogens with one attached hydrogen (secondary N) is 1. The van der Waals surface area contributed by atoms with Gasteiger partial charge in [0.15, 0.2) is 0 Å². The highest BCUT2D eigenvalue weighted by Gasteiger charge is 2.13. The molecule has 1 aromatic heterocycles. The van der Waals surface area contributed by atoms with Crippen molar-refractivity contribution in [3.63, 3.8) is 0 Å². The van der Waals surface area contributed by atoms with Crippen molar-refractivity contribution in [2.24, 2.45) is 0 Å². The number of fused-ring (bicyclic) bond motifs is 1. The quantitative estimate of drug-likeness (QED) is 0.795. The minimum atomic E-state index is -1.20. The van der Waals surface area contributed by atoms with Gasteiger partial charge in [0.25, 0.3) is 0 Å². The Balaban J connectivity index is 2.66. The van der Waals surface area contributed by atoms with E-state index in [1.165, 1.54) is 19.1 Å². The van der Waals surface area contributed by atoms with Crippen LogP contribution in [0.5, 0.6) is 0 Å². The van der Waals surface area contributed by atoms with E-state index < -0.39 is 12.1 Å². The number of hydrogen-bond acceptors (Lipinski definition) is 2.